The quantitative estimate of drug-likeness (QED) is 0.851. The molecule has 0 N–H and O–H groups in total. The molecule has 3 nitrogen and oxygen atoms in total. The number of hydrogen-bond acceptors (Lipinski definition) is 3. The van der Waals surface area contributed by atoms with Gasteiger partial charge in [-0.2, -0.15) is 0 Å². The maximum atomic E-state index is 13.8. The Morgan fingerprint density at radius 2 is 1.95 bits per heavy atom. The molecule has 0 amide bonds. The van der Waals surface area contributed by atoms with Crippen molar-refractivity contribution in [3.05, 3.63) is 35.4 Å². The fraction of sp³-hybridized carbons (Fsp3) is 0.625. The SMILES string of the molecule is Fc1ccc(CN2CCCC(N3CCOCC3)C2)c(F)c1. The van der Waals surface area contributed by atoms with Gasteiger partial charge in [0.2, 0.25) is 0 Å². The maximum absolute atomic E-state index is 13.8. The van der Waals surface area contributed by atoms with Gasteiger partial charge < -0.3 is 4.74 Å². The number of benzene rings is 1. The summed E-state index contributed by atoms with van der Waals surface area (Å²) in [6.45, 7) is 6.10. The Morgan fingerprint density at radius 1 is 1.14 bits per heavy atom. The van der Waals surface area contributed by atoms with E-state index in [9.17, 15) is 8.78 Å². The van der Waals surface area contributed by atoms with Gasteiger partial charge in [0, 0.05) is 43.9 Å². The van der Waals surface area contributed by atoms with Crippen LogP contribution in [-0.4, -0.2) is 55.2 Å². The van der Waals surface area contributed by atoms with Gasteiger partial charge in [-0.3, -0.25) is 9.80 Å². The first-order chi connectivity index (χ1) is 10.2. The molecule has 21 heavy (non-hydrogen) atoms. The Kier molecular flexibility index (Phi) is 4.83. The first-order valence-corrected chi connectivity index (χ1v) is 7.70. The highest BCUT2D eigenvalue weighted by Crippen LogP contribution is 2.20. The van der Waals surface area contributed by atoms with Crippen LogP contribution in [0.4, 0.5) is 8.78 Å². The highest BCUT2D eigenvalue weighted by atomic mass is 19.1. The molecule has 1 atom stereocenters. The summed E-state index contributed by atoms with van der Waals surface area (Å²) in [4.78, 5) is 4.76. The van der Waals surface area contributed by atoms with Crippen LogP contribution in [0.1, 0.15) is 18.4 Å². The summed E-state index contributed by atoms with van der Waals surface area (Å²) in [5, 5.41) is 0. The van der Waals surface area contributed by atoms with Gasteiger partial charge in [-0.15, -0.1) is 0 Å². The summed E-state index contributed by atoms with van der Waals surface area (Å²) in [5.41, 5.74) is 0.582. The molecular formula is C16H22F2N2O. The lowest BCUT2D eigenvalue weighted by atomic mass is 10.0. The number of rotatable bonds is 3. The van der Waals surface area contributed by atoms with Crippen molar-refractivity contribution in [3.8, 4) is 0 Å². The van der Waals surface area contributed by atoms with E-state index >= 15 is 0 Å². The lowest BCUT2D eigenvalue weighted by molar-refractivity contribution is -0.00369. The van der Waals surface area contributed by atoms with Crippen molar-refractivity contribution >= 4 is 0 Å². The second-order valence-electron chi connectivity index (χ2n) is 5.92. The Bertz CT molecular complexity index is 477. The van der Waals surface area contributed by atoms with E-state index in [2.05, 4.69) is 9.80 Å². The number of hydrogen-bond donors (Lipinski definition) is 0. The number of morpholine rings is 1. The van der Waals surface area contributed by atoms with Crippen molar-refractivity contribution in [2.24, 2.45) is 0 Å². The lowest BCUT2D eigenvalue weighted by Crippen LogP contribution is -2.51. The minimum atomic E-state index is -0.513. The summed E-state index contributed by atoms with van der Waals surface area (Å²) < 4.78 is 32.1. The fourth-order valence-corrected chi connectivity index (χ4v) is 3.31. The van der Waals surface area contributed by atoms with E-state index in [4.69, 9.17) is 4.74 Å². The molecule has 0 aromatic heterocycles. The van der Waals surface area contributed by atoms with Crippen molar-refractivity contribution in [3.63, 3.8) is 0 Å². The van der Waals surface area contributed by atoms with Gasteiger partial charge in [0.1, 0.15) is 11.6 Å². The van der Waals surface area contributed by atoms with Gasteiger partial charge in [-0.05, 0) is 25.5 Å². The van der Waals surface area contributed by atoms with E-state index in [1.165, 1.54) is 12.5 Å². The molecule has 0 radical (unpaired) electrons. The second kappa shape index (κ2) is 6.81. The van der Waals surface area contributed by atoms with Crippen LogP contribution < -0.4 is 0 Å². The number of likely N-dealkylation sites (tertiary alicyclic amines) is 1. The Balaban J connectivity index is 1.60. The molecular weight excluding hydrogens is 274 g/mol. The van der Waals surface area contributed by atoms with Gasteiger partial charge in [0.05, 0.1) is 13.2 Å². The molecule has 2 fully saturated rings. The average Bonchev–Trinajstić information content (AvgIpc) is 2.51. The van der Waals surface area contributed by atoms with E-state index in [-0.39, 0.29) is 0 Å². The van der Waals surface area contributed by atoms with E-state index in [0.29, 0.717) is 18.2 Å². The van der Waals surface area contributed by atoms with Gasteiger partial charge >= 0.3 is 0 Å². The van der Waals surface area contributed by atoms with Crippen LogP contribution in [-0.2, 0) is 11.3 Å². The molecule has 3 rings (SSSR count). The van der Waals surface area contributed by atoms with Crippen LogP contribution in [0.5, 0.6) is 0 Å². The van der Waals surface area contributed by atoms with Gasteiger partial charge in [-0.25, -0.2) is 8.78 Å². The predicted octanol–water partition coefficient (Wildman–Crippen LogP) is 2.26. The first kappa shape index (κ1) is 14.9. The summed E-state index contributed by atoms with van der Waals surface area (Å²) in [6, 6.07) is 4.40. The Hall–Kier alpha value is -1.04. The summed E-state index contributed by atoms with van der Waals surface area (Å²) >= 11 is 0. The zero-order valence-electron chi connectivity index (χ0n) is 12.2. The van der Waals surface area contributed by atoms with Gasteiger partial charge in [-0.1, -0.05) is 6.07 Å². The van der Waals surface area contributed by atoms with Crippen molar-refractivity contribution in [1.29, 1.82) is 0 Å². The van der Waals surface area contributed by atoms with Crippen LogP contribution in [0.25, 0.3) is 0 Å². The molecule has 0 aliphatic carbocycles. The predicted molar refractivity (Wildman–Crippen MR) is 77.0 cm³/mol. The van der Waals surface area contributed by atoms with E-state index in [1.807, 2.05) is 0 Å². The number of halogens is 2. The van der Waals surface area contributed by atoms with Crippen molar-refractivity contribution < 1.29 is 13.5 Å². The molecule has 2 heterocycles. The van der Waals surface area contributed by atoms with Crippen LogP contribution in [0.2, 0.25) is 0 Å². The number of piperidine rings is 1. The molecule has 0 saturated carbocycles. The zero-order chi connectivity index (χ0) is 14.7. The van der Waals surface area contributed by atoms with Gasteiger partial charge in [0.25, 0.3) is 0 Å². The topological polar surface area (TPSA) is 15.7 Å². The molecule has 2 aliphatic rings. The van der Waals surface area contributed by atoms with E-state index < -0.39 is 11.6 Å². The third-order valence-electron chi connectivity index (χ3n) is 4.45. The van der Waals surface area contributed by atoms with E-state index in [1.54, 1.807) is 6.07 Å². The van der Waals surface area contributed by atoms with Crippen molar-refractivity contribution in [2.45, 2.75) is 25.4 Å². The van der Waals surface area contributed by atoms with Crippen LogP contribution in [0.15, 0.2) is 18.2 Å². The minimum absolute atomic E-state index is 0.441. The lowest BCUT2D eigenvalue weighted by Gasteiger charge is -2.40. The van der Waals surface area contributed by atoms with E-state index in [0.717, 1.165) is 51.9 Å². The molecule has 2 aliphatic heterocycles. The standard InChI is InChI=1S/C16H22F2N2O/c17-14-4-3-13(16(18)10-14)11-19-5-1-2-15(12-19)20-6-8-21-9-7-20/h3-4,10,15H,1-2,5-9,11-12H2. The zero-order valence-corrected chi connectivity index (χ0v) is 12.2. The highest BCUT2D eigenvalue weighted by molar-refractivity contribution is 5.18. The summed E-state index contributed by atoms with van der Waals surface area (Å²) in [5.74, 6) is -0.954. The molecule has 116 valence electrons. The maximum Gasteiger partial charge on any atom is 0.130 e. The molecule has 5 heteroatoms. The molecule has 1 unspecified atom stereocenters. The molecule has 1 aromatic rings. The van der Waals surface area contributed by atoms with Crippen molar-refractivity contribution in [2.75, 3.05) is 39.4 Å². The largest absolute Gasteiger partial charge is 0.379 e. The second-order valence-corrected chi connectivity index (χ2v) is 5.92. The average molecular weight is 296 g/mol. The van der Waals surface area contributed by atoms with Crippen LogP contribution in [0, 0.1) is 11.6 Å². The smallest absolute Gasteiger partial charge is 0.130 e. The van der Waals surface area contributed by atoms with Crippen LogP contribution >= 0.6 is 0 Å². The fourth-order valence-electron chi connectivity index (χ4n) is 3.31. The normalized spacial score (nSPS) is 25.1. The van der Waals surface area contributed by atoms with Crippen LogP contribution in [0.3, 0.4) is 0 Å². The summed E-state index contributed by atoms with van der Waals surface area (Å²) in [6.07, 6.45) is 2.33. The Morgan fingerprint density at radius 3 is 2.71 bits per heavy atom. The molecule has 0 bridgehead atoms. The molecule has 1 aromatic carbocycles. The van der Waals surface area contributed by atoms with Gasteiger partial charge in [0.15, 0.2) is 0 Å². The Labute approximate surface area is 124 Å². The summed E-state index contributed by atoms with van der Waals surface area (Å²) in [7, 11) is 0. The van der Waals surface area contributed by atoms with Crippen molar-refractivity contribution in [1.82, 2.24) is 9.80 Å². The highest BCUT2D eigenvalue weighted by Gasteiger charge is 2.26. The number of nitrogens with zero attached hydrogens (tertiary/aromatic N) is 2. The first-order valence-electron chi connectivity index (χ1n) is 7.70. The third-order valence-corrected chi connectivity index (χ3v) is 4.45. The molecule has 2 saturated heterocycles. The third kappa shape index (κ3) is 3.78. The monoisotopic (exact) mass is 296 g/mol. The minimum Gasteiger partial charge on any atom is -0.379 e. The molecule has 0 spiro atoms. The number of ether oxygens (including phenoxy) is 1.